The smallest absolute Gasteiger partial charge is 0.251 e. The van der Waals surface area contributed by atoms with Gasteiger partial charge in [0.2, 0.25) is 0 Å². The number of benzene rings is 2. The molecule has 0 atom stereocenters. The van der Waals surface area contributed by atoms with Gasteiger partial charge in [-0.15, -0.1) is 0 Å². The van der Waals surface area contributed by atoms with Crippen LogP contribution in [0.15, 0.2) is 30.3 Å². The van der Waals surface area contributed by atoms with Crippen molar-refractivity contribution in [2.45, 2.75) is 38.8 Å². The van der Waals surface area contributed by atoms with E-state index < -0.39 is 0 Å². The van der Waals surface area contributed by atoms with Crippen LogP contribution in [0.25, 0.3) is 0 Å². The standard InChI is InChI=1S/C19H22FN3O/c1-11-8-13(4-6-17(11)20)19(24)23-10-16-14(12-2-3-12)5-7-18(22)15(16)9-21/h4-8,12H,2-3,9-10,21-22H2,1H3,(H,23,24). The zero-order valence-electron chi connectivity index (χ0n) is 13.7. The maximum absolute atomic E-state index is 13.3. The minimum atomic E-state index is -0.316. The maximum Gasteiger partial charge on any atom is 0.251 e. The van der Waals surface area contributed by atoms with Gasteiger partial charge < -0.3 is 16.8 Å². The molecule has 1 aliphatic carbocycles. The summed E-state index contributed by atoms with van der Waals surface area (Å²) >= 11 is 0. The highest BCUT2D eigenvalue weighted by molar-refractivity contribution is 5.94. The molecule has 3 rings (SSSR count). The summed E-state index contributed by atoms with van der Waals surface area (Å²) in [6.45, 7) is 2.35. The number of nitrogen functional groups attached to an aromatic ring is 1. The van der Waals surface area contributed by atoms with Gasteiger partial charge in [-0.25, -0.2) is 4.39 Å². The molecule has 1 aliphatic rings. The van der Waals surface area contributed by atoms with Crippen LogP contribution >= 0.6 is 0 Å². The Kier molecular flexibility index (Phi) is 4.53. The SMILES string of the molecule is Cc1cc(C(=O)NCc2c(C3CC3)ccc(N)c2CN)ccc1F. The van der Waals surface area contributed by atoms with E-state index in [4.69, 9.17) is 11.5 Å². The monoisotopic (exact) mass is 327 g/mol. The van der Waals surface area contributed by atoms with Crippen molar-refractivity contribution in [3.8, 4) is 0 Å². The summed E-state index contributed by atoms with van der Waals surface area (Å²) in [7, 11) is 0. The van der Waals surface area contributed by atoms with Crippen LogP contribution in [-0.4, -0.2) is 5.91 Å². The summed E-state index contributed by atoms with van der Waals surface area (Å²) in [6.07, 6.45) is 2.32. The van der Waals surface area contributed by atoms with Crippen LogP contribution in [0, 0.1) is 12.7 Å². The Morgan fingerprint density at radius 1 is 1.25 bits per heavy atom. The van der Waals surface area contributed by atoms with Crippen molar-refractivity contribution in [3.05, 3.63) is 64.0 Å². The summed E-state index contributed by atoms with van der Waals surface area (Å²) in [6, 6.07) is 8.28. The molecule has 2 aromatic rings. The Bertz CT molecular complexity index is 784. The van der Waals surface area contributed by atoms with E-state index in [0.717, 1.165) is 24.0 Å². The summed E-state index contributed by atoms with van der Waals surface area (Å²) in [5.74, 6) is -0.00932. The van der Waals surface area contributed by atoms with Gasteiger partial charge in [0.1, 0.15) is 5.82 Å². The number of hydrogen-bond acceptors (Lipinski definition) is 3. The van der Waals surface area contributed by atoms with Gasteiger partial charge in [-0.05, 0) is 72.2 Å². The lowest BCUT2D eigenvalue weighted by molar-refractivity contribution is 0.0950. The topological polar surface area (TPSA) is 81.1 Å². The molecule has 1 saturated carbocycles. The van der Waals surface area contributed by atoms with E-state index in [1.165, 1.54) is 17.7 Å². The fourth-order valence-corrected chi connectivity index (χ4v) is 3.01. The average Bonchev–Trinajstić information content (AvgIpc) is 3.40. The van der Waals surface area contributed by atoms with Gasteiger partial charge >= 0.3 is 0 Å². The van der Waals surface area contributed by atoms with Gasteiger partial charge in [-0.3, -0.25) is 4.79 Å². The van der Waals surface area contributed by atoms with E-state index in [9.17, 15) is 9.18 Å². The first-order valence-electron chi connectivity index (χ1n) is 8.15. The molecule has 1 fully saturated rings. The molecular weight excluding hydrogens is 305 g/mol. The van der Waals surface area contributed by atoms with Crippen molar-refractivity contribution < 1.29 is 9.18 Å². The van der Waals surface area contributed by atoms with E-state index in [2.05, 4.69) is 5.32 Å². The van der Waals surface area contributed by atoms with Crippen LogP contribution in [0.3, 0.4) is 0 Å². The predicted octanol–water partition coefficient (Wildman–Crippen LogP) is 2.98. The first-order chi connectivity index (χ1) is 11.5. The van der Waals surface area contributed by atoms with Crippen LogP contribution < -0.4 is 16.8 Å². The Labute approximate surface area is 141 Å². The zero-order chi connectivity index (χ0) is 17.3. The number of carbonyl (C=O) groups excluding carboxylic acids is 1. The van der Waals surface area contributed by atoms with E-state index in [1.54, 1.807) is 13.0 Å². The fourth-order valence-electron chi connectivity index (χ4n) is 3.01. The van der Waals surface area contributed by atoms with Gasteiger partial charge in [0.15, 0.2) is 0 Å². The first-order valence-corrected chi connectivity index (χ1v) is 8.15. The molecule has 0 aromatic heterocycles. The highest BCUT2D eigenvalue weighted by atomic mass is 19.1. The quantitative estimate of drug-likeness (QED) is 0.739. The van der Waals surface area contributed by atoms with Crippen LogP contribution in [0.5, 0.6) is 0 Å². The number of halogens is 1. The number of rotatable bonds is 5. The van der Waals surface area contributed by atoms with Gasteiger partial charge in [0, 0.05) is 24.3 Å². The molecule has 4 nitrogen and oxygen atoms in total. The minimum absolute atomic E-state index is 0.231. The molecule has 0 spiro atoms. The maximum atomic E-state index is 13.3. The number of nitrogens with two attached hydrogens (primary N) is 2. The summed E-state index contributed by atoms with van der Waals surface area (Å²) in [5.41, 5.74) is 16.6. The average molecular weight is 327 g/mol. The third-order valence-electron chi connectivity index (χ3n) is 4.57. The molecule has 126 valence electrons. The van der Waals surface area contributed by atoms with Gasteiger partial charge in [0.05, 0.1) is 0 Å². The second-order valence-electron chi connectivity index (χ2n) is 6.33. The lowest BCUT2D eigenvalue weighted by Crippen LogP contribution is -2.25. The van der Waals surface area contributed by atoms with E-state index in [-0.39, 0.29) is 11.7 Å². The molecule has 24 heavy (non-hydrogen) atoms. The molecule has 0 saturated heterocycles. The minimum Gasteiger partial charge on any atom is -0.398 e. The number of carbonyl (C=O) groups is 1. The van der Waals surface area contributed by atoms with Gasteiger partial charge in [0.25, 0.3) is 5.91 Å². The van der Waals surface area contributed by atoms with E-state index in [1.807, 2.05) is 12.1 Å². The number of amides is 1. The van der Waals surface area contributed by atoms with Crippen molar-refractivity contribution in [1.82, 2.24) is 5.32 Å². The number of nitrogens with one attached hydrogen (secondary N) is 1. The van der Waals surface area contributed by atoms with Crippen LogP contribution in [0.2, 0.25) is 0 Å². The zero-order valence-corrected chi connectivity index (χ0v) is 13.7. The third-order valence-corrected chi connectivity index (χ3v) is 4.57. The van der Waals surface area contributed by atoms with Crippen LogP contribution in [0.1, 0.15) is 51.4 Å². The molecular formula is C19H22FN3O. The lowest BCUT2D eigenvalue weighted by atomic mass is 9.96. The van der Waals surface area contributed by atoms with Crippen LogP contribution in [-0.2, 0) is 13.1 Å². The Hall–Kier alpha value is -2.40. The van der Waals surface area contributed by atoms with Crippen molar-refractivity contribution in [3.63, 3.8) is 0 Å². The molecule has 0 heterocycles. The van der Waals surface area contributed by atoms with Crippen molar-refractivity contribution >= 4 is 11.6 Å². The molecule has 1 amide bonds. The predicted molar refractivity (Wildman–Crippen MR) is 93.0 cm³/mol. The van der Waals surface area contributed by atoms with Gasteiger partial charge in [-0.1, -0.05) is 6.07 Å². The molecule has 0 bridgehead atoms. The van der Waals surface area contributed by atoms with E-state index in [0.29, 0.717) is 35.8 Å². The van der Waals surface area contributed by atoms with Crippen LogP contribution in [0.4, 0.5) is 10.1 Å². The van der Waals surface area contributed by atoms with Crippen molar-refractivity contribution in [2.24, 2.45) is 5.73 Å². The first kappa shape index (κ1) is 16.5. The summed E-state index contributed by atoms with van der Waals surface area (Å²) in [4.78, 5) is 12.4. The van der Waals surface area contributed by atoms with E-state index >= 15 is 0 Å². The summed E-state index contributed by atoms with van der Waals surface area (Å²) in [5, 5.41) is 2.91. The lowest BCUT2D eigenvalue weighted by Gasteiger charge is -2.17. The Balaban J connectivity index is 1.82. The third kappa shape index (κ3) is 3.26. The Morgan fingerprint density at radius 3 is 2.62 bits per heavy atom. The summed E-state index contributed by atoms with van der Waals surface area (Å²) < 4.78 is 13.3. The highest BCUT2D eigenvalue weighted by Crippen LogP contribution is 2.43. The fraction of sp³-hybridized carbons (Fsp3) is 0.316. The molecule has 2 aromatic carbocycles. The number of hydrogen-bond donors (Lipinski definition) is 3. The normalized spacial score (nSPS) is 13.8. The molecule has 5 heteroatoms. The largest absolute Gasteiger partial charge is 0.398 e. The molecule has 0 aliphatic heterocycles. The highest BCUT2D eigenvalue weighted by Gasteiger charge is 2.27. The second-order valence-corrected chi connectivity index (χ2v) is 6.33. The molecule has 0 unspecified atom stereocenters. The number of aryl methyl sites for hydroxylation is 1. The van der Waals surface area contributed by atoms with Crippen molar-refractivity contribution in [1.29, 1.82) is 0 Å². The molecule has 0 radical (unpaired) electrons. The van der Waals surface area contributed by atoms with Gasteiger partial charge in [-0.2, -0.15) is 0 Å². The number of anilines is 1. The van der Waals surface area contributed by atoms with Crippen molar-refractivity contribution in [2.75, 3.05) is 5.73 Å². The Morgan fingerprint density at radius 2 is 2.00 bits per heavy atom. The molecule has 5 N–H and O–H groups in total. The second kappa shape index (κ2) is 6.61.